The summed E-state index contributed by atoms with van der Waals surface area (Å²) in [6.45, 7) is 4.73. The van der Waals surface area contributed by atoms with Crippen LogP contribution in [0.25, 0.3) is 0 Å². The average molecular weight is 299 g/mol. The molecule has 0 aliphatic heterocycles. The molecule has 0 bridgehead atoms. The van der Waals surface area contributed by atoms with Gasteiger partial charge < -0.3 is 4.12 Å². The first-order chi connectivity index (χ1) is 9.35. The van der Waals surface area contributed by atoms with E-state index in [1.807, 2.05) is 0 Å². The number of hydrogen-bond acceptors (Lipinski definition) is 1. The first kappa shape index (κ1) is 15.8. The third-order valence-electron chi connectivity index (χ3n) is 5.35. The van der Waals surface area contributed by atoms with Gasteiger partial charge in [0.25, 0.3) is 0 Å². The van der Waals surface area contributed by atoms with Gasteiger partial charge in [-0.25, -0.2) is 0 Å². The molecule has 2 atom stereocenters. The molecule has 0 amide bonds. The van der Waals surface area contributed by atoms with Gasteiger partial charge in [0, 0.05) is 0 Å². The van der Waals surface area contributed by atoms with Gasteiger partial charge in [0.15, 0.2) is 18.1 Å². The molecule has 0 N–H and O–H groups in total. The van der Waals surface area contributed by atoms with Crippen molar-refractivity contribution in [3.63, 3.8) is 0 Å². The fraction of sp³-hybridized carbons (Fsp3) is 1.00. The smallest absolute Gasteiger partial charge is 0.166 e. The van der Waals surface area contributed by atoms with Crippen LogP contribution < -0.4 is 0 Å². The lowest BCUT2D eigenvalue weighted by atomic mass is 10.4. The fourth-order valence-corrected chi connectivity index (χ4v) is 13.5. The molecule has 0 aromatic rings. The van der Waals surface area contributed by atoms with Crippen molar-refractivity contribution in [2.45, 2.75) is 101 Å². The monoisotopic (exact) mass is 298 g/mol. The SMILES string of the molecule is CCC[SiH](O[SiH](CCC)C1CCCC1)C1CCCC1. The van der Waals surface area contributed by atoms with E-state index < -0.39 is 18.1 Å². The molecule has 0 aromatic heterocycles. The first-order valence-electron chi connectivity index (χ1n) is 9.00. The highest BCUT2D eigenvalue weighted by Crippen LogP contribution is 2.39. The molecule has 0 radical (unpaired) electrons. The predicted octanol–water partition coefficient (Wildman–Crippen LogP) is 5.16. The maximum absolute atomic E-state index is 6.98. The Morgan fingerprint density at radius 3 is 1.42 bits per heavy atom. The maximum Gasteiger partial charge on any atom is 0.166 e. The van der Waals surface area contributed by atoms with Crippen LogP contribution in [0.5, 0.6) is 0 Å². The van der Waals surface area contributed by atoms with Gasteiger partial charge in [0.2, 0.25) is 0 Å². The molecule has 0 saturated heterocycles. The zero-order valence-electron chi connectivity index (χ0n) is 13.2. The van der Waals surface area contributed by atoms with Gasteiger partial charge in [-0.15, -0.1) is 0 Å². The molecule has 2 aliphatic carbocycles. The highest BCUT2D eigenvalue weighted by Gasteiger charge is 2.33. The summed E-state index contributed by atoms with van der Waals surface area (Å²) in [5, 5.41) is 0. The Hall–Kier alpha value is 0.394. The highest BCUT2D eigenvalue weighted by atomic mass is 28.4. The van der Waals surface area contributed by atoms with Crippen LogP contribution in [0.1, 0.15) is 78.1 Å². The van der Waals surface area contributed by atoms with Crippen LogP contribution >= 0.6 is 0 Å². The van der Waals surface area contributed by atoms with E-state index in [4.69, 9.17) is 4.12 Å². The molecule has 2 unspecified atom stereocenters. The fourth-order valence-electron chi connectivity index (χ4n) is 4.28. The Labute approximate surface area is 124 Å². The van der Waals surface area contributed by atoms with E-state index in [-0.39, 0.29) is 0 Å². The van der Waals surface area contributed by atoms with E-state index in [0.29, 0.717) is 0 Å². The molecule has 1 nitrogen and oxygen atoms in total. The molecule has 2 rings (SSSR count). The van der Waals surface area contributed by atoms with E-state index in [1.165, 1.54) is 76.3 Å². The zero-order valence-corrected chi connectivity index (χ0v) is 15.5. The molecule has 0 heterocycles. The molecule has 2 fully saturated rings. The van der Waals surface area contributed by atoms with Crippen molar-refractivity contribution in [2.24, 2.45) is 0 Å². The van der Waals surface area contributed by atoms with Gasteiger partial charge >= 0.3 is 0 Å². The molecule has 2 aliphatic rings. The Kier molecular flexibility index (Phi) is 7.17. The maximum atomic E-state index is 6.98. The van der Waals surface area contributed by atoms with Crippen LogP contribution in [0.2, 0.25) is 23.2 Å². The van der Waals surface area contributed by atoms with Crippen molar-refractivity contribution >= 4 is 18.1 Å². The average Bonchev–Trinajstić information content (AvgIpc) is 3.10. The molecule has 0 spiro atoms. The van der Waals surface area contributed by atoms with Crippen LogP contribution in [0.15, 0.2) is 0 Å². The summed E-state index contributed by atoms with van der Waals surface area (Å²) in [6.07, 6.45) is 14.7. The normalized spacial score (nSPS) is 24.9. The minimum absolute atomic E-state index is 0.870. The van der Waals surface area contributed by atoms with Crippen molar-refractivity contribution in [3.8, 4) is 0 Å². The summed E-state index contributed by atoms with van der Waals surface area (Å²) in [5.74, 6) is 0. The van der Waals surface area contributed by atoms with E-state index in [0.717, 1.165) is 11.1 Å². The lowest BCUT2D eigenvalue weighted by molar-refractivity contribution is 0.519. The first-order valence-corrected chi connectivity index (χ1v) is 12.9. The molecule has 19 heavy (non-hydrogen) atoms. The Morgan fingerprint density at radius 2 is 1.11 bits per heavy atom. The third-order valence-corrected chi connectivity index (χ3v) is 13.9. The lowest BCUT2D eigenvalue weighted by Crippen LogP contribution is -2.34. The van der Waals surface area contributed by atoms with Crippen molar-refractivity contribution in [1.29, 1.82) is 0 Å². The lowest BCUT2D eigenvalue weighted by Gasteiger charge is -2.30. The van der Waals surface area contributed by atoms with Gasteiger partial charge in [-0.05, 0) is 23.2 Å². The standard InChI is InChI=1S/C16H34OSi2/c1-3-13-18(15-9-5-6-10-15)17-19(14-4-2)16-11-7-8-12-16/h15-16,18-19H,3-14H2,1-2H3. The zero-order chi connectivity index (χ0) is 13.5. The van der Waals surface area contributed by atoms with E-state index >= 15 is 0 Å². The third kappa shape index (κ3) is 4.71. The minimum Gasteiger partial charge on any atom is -0.459 e. The molecular weight excluding hydrogens is 264 g/mol. The summed E-state index contributed by atoms with van der Waals surface area (Å²) in [5.41, 5.74) is 2.10. The van der Waals surface area contributed by atoms with Gasteiger partial charge in [0.05, 0.1) is 0 Å². The summed E-state index contributed by atoms with van der Waals surface area (Å²) in [6, 6.07) is 2.93. The molecule has 3 heteroatoms. The molecule has 2 saturated carbocycles. The quantitative estimate of drug-likeness (QED) is 0.562. The van der Waals surface area contributed by atoms with Crippen LogP contribution in [-0.4, -0.2) is 18.1 Å². The van der Waals surface area contributed by atoms with Gasteiger partial charge in [-0.1, -0.05) is 78.1 Å². The predicted molar refractivity (Wildman–Crippen MR) is 90.0 cm³/mol. The summed E-state index contributed by atoms with van der Waals surface area (Å²) < 4.78 is 6.98. The minimum atomic E-state index is -0.870. The van der Waals surface area contributed by atoms with Gasteiger partial charge in [-0.3, -0.25) is 0 Å². The second-order valence-corrected chi connectivity index (χ2v) is 13.2. The molecular formula is C16H34OSi2. The van der Waals surface area contributed by atoms with E-state index in [2.05, 4.69) is 13.8 Å². The molecule has 112 valence electrons. The Balaban J connectivity index is 1.90. The second-order valence-electron chi connectivity index (χ2n) is 6.88. The van der Waals surface area contributed by atoms with Gasteiger partial charge in [-0.2, -0.15) is 0 Å². The summed E-state index contributed by atoms with van der Waals surface area (Å²) >= 11 is 0. The van der Waals surface area contributed by atoms with Crippen LogP contribution in [-0.2, 0) is 4.12 Å². The largest absolute Gasteiger partial charge is 0.459 e. The van der Waals surface area contributed by atoms with Crippen molar-refractivity contribution in [1.82, 2.24) is 0 Å². The van der Waals surface area contributed by atoms with Crippen molar-refractivity contribution in [2.75, 3.05) is 0 Å². The van der Waals surface area contributed by atoms with Gasteiger partial charge in [0.1, 0.15) is 0 Å². The van der Waals surface area contributed by atoms with Crippen molar-refractivity contribution in [3.05, 3.63) is 0 Å². The summed E-state index contributed by atoms with van der Waals surface area (Å²) in [7, 11) is -1.74. The van der Waals surface area contributed by atoms with Crippen LogP contribution in [0.4, 0.5) is 0 Å². The Bertz CT molecular complexity index is 211. The van der Waals surface area contributed by atoms with Crippen LogP contribution in [0.3, 0.4) is 0 Å². The number of hydrogen-bond donors (Lipinski definition) is 0. The highest BCUT2D eigenvalue weighted by molar-refractivity contribution is 6.67. The molecule has 0 aromatic carbocycles. The van der Waals surface area contributed by atoms with E-state index in [9.17, 15) is 0 Å². The second kappa shape index (κ2) is 8.63. The van der Waals surface area contributed by atoms with Crippen LogP contribution in [0, 0.1) is 0 Å². The Morgan fingerprint density at radius 1 is 0.737 bits per heavy atom. The topological polar surface area (TPSA) is 9.23 Å². The number of rotatable bonds is 8. The van der Waals surface area contributed by atoms with Crippen molar-refractivity contribution < 1.29 is 4.12 Å². The van der Waals surface area contributed by atoms with E-state index in [1.54, 1.807) is 0 Å². The summed E-state index contributed by atoms with van der Waals surface area (Å²) in [4.78, 5) is 0.